The number of rotatable bonds is 14. The maximum Gasteiger partial charge on any atom is 0.120 e. The van der Waals surface area contributed by atoms with Crippen LogP contribution in [0, 0.1) is 0 Å². The zero-order valence-corrected chi connectivity index (χ0v) is 16.2. The van der Waals surface area contributed by atoms with Crippen molar-refractivity contribution in [1.29, 1.82) is 0 Å². The van der Waals surface area contributed by atoms with E-state index in [0.29, 0.717) is 0 Å². The second-order valence-corrected chi connectivity index (χ2v) is 7.60. The van der Waals surface area contributed by atoms with Gasteiger partial charge in [0.2, 0.25) is 0 Å². The highest BCUT2D eigenvalue weighted by atomic mass is 16.5. The summed E-state index contributed by atoms with van der Waals surface area (Å²) in [6.07, 6.45) is 14.7. The van der Waals surface area contributed by atoms with Crippen LogP contribution in [0.4, 0.5) is 0 Å². The van der Waals surface area contributed by atoms with Gasteiger partial charge in [-0.25, -0.2) is 0 Å². The first-order valence-corrected chi connectivity index (χ1v) is 10.1. The Morgan fingerprint density at radius 2 is 1.33 bits per heavy atom. The lowest BCUT2D eigenvalue weighted by Gasteiger charge is -2.32. The summed E-state index contributed by atoms with van der Waals surface area (Å²) in [5.74, 6) is 0.904. The Hall–Kier alpha value is -1.02. The molecule has 24 heavy (non-hydrogen) atoms. The van der Waals surface area contributed by atoms with Gasteiger partial charge in [0.25, 0.3) is 0 Å². The summed E-state index contributed by atoms with van der Waals surface area (Å²) in [6.45, 7) is 6.47. The second-order valence-electron chi connectivity index (χ2n) is 7.60. The Morgan fingerprint density at radius 3 is 1.88 bits per heavy atom. The molecule has 1 unspecified atom stereocenters. The van der Waals surface area contributed by atoms with Crippen LogP contribution in [0.5, 0.6) is 5.75 Å². The molecule has 1 aromatic carbocycles. The van der Waals surface area contributed by atoms with Gasteiger partial charge < -0.3 is 10.5 Å². The number of hydrogen-bond donors (Lipinski definition) is 1. The van der Waals surface area contributed by atoms with Gasteiger partial charge in [0.1, 0.15) is 11.4 Å². The molecular formula is C22H39NO. The van der Waals surface area contributed by atoms with Gasteiger partial charge >= 0.3 is 0 Å². The number of benzene rings is 1. The molecule has 1 rings (SSSR count). The van der Waals surface area contributed by atoms with E-state index in [0.717, 1.165) is 12.2 Å². The fourth-order valence-electron chi connectivity index (χ4n) is 3.07. The predicted molar refractivity (Wildman–Crippen MR) is 106 cm³/mol. The van der Waals surface area contributed by atoms with E-state index in [4.69, 9.17) is 10.5 Å². The third-order valence-corrected chi connectivity index (χ3v) is 4.89. The molecular weight excluding hydrogens is 294 g/mol. The van der Waals surface area contributed by atoms with E-state index in [1.54, 1.807) is 0 Å². The molecule has 138 valence electrons. The third-order valence-electron chi connectivity index (χ3n) is 4.89. The van der Waals surface area contributed by atoms with E-state index in [2.05, 4.69) is 20.8 Å². The van der Waals surface area contributed by atoms with Crippen LogP contribution in [0.15, 0.2) is 30.3 Å². The quantitative estimate of drug-likeness (QED) is 0.395. The highest BCUT2D eigenvalue weighted by Crippen LogP contribution is 2.23. The smallest absolute Gasteiger partial charge is 0.120 e. The predicted octanol–water partition coefficient (Wildman–Crippen LogP) is 6.48. The van der Waals surface area contributed by atoms with Crippen LogP contribution < -0.4 is 10.5 Å². The van der Waals surface area contributed by atoms with Crippen molar-refractivity contribution in [1.82, 2.24) is 0 Å². The van der Waals surface area contributed by atoms with Gasteiger partial charge in [-0.3, -0.25) is 0 Å². The van der Waals surface area contributed by atoms with Crippen LogP contribution in [0.1, 0.15) is 91.4 Å². The number of hydrogen-bond acceptors (Lipinski definition) is 2. The maximum absolute atomic E-state index is 6.38. The maximum atomic E-state index is 6.38. The Labute approximate surface area is 150 Å². The van der Waals surface area contributed by atoms with E-state index < -0.39 is 0 Å². The Kier molecular flexibility index (Phi) is 10.8. The molecule has 1 atom stereocenters. The van der Waals surface area contributed by atoms with E-state index >= 15 is 0 Å². The zero-order chi connectivity index (χ0) is 17.7. The highest BCUT2D eigenvalue weighted by molar-refractivity contribution is 5.22. The lowest BCUT2D eigenvalue weighted by molar-refractivity contribution is 0.0752. The van der Waals surface area contributed by atoms with Gasteiger partial charge in [-0.1, -0.05) is 89.3 Å². The van der Waals surface area contributed by atoms with Gasteiger partial charge in [0.15, 0.2) is 0 Å². The zero-order valence-electron chi connectivity index (χ0n) is 16.2. The van der Waals surface area contributed by atoms with Crippen molar-refractivity contribution in [2.75, 3.05) is 0 Å². The number of unbranched alkanes of at least 4 members (excludes halogenated alkanes) is 9. The summed E-state index contributed by atoms with van der Waals surface area (Å²) in [5, 5.41) is 0. The number of ether oxygens (including phenoxy) is 1. The van der Waals surface area contributed by atoms with E-state index in [1.807, 2.05) is 30.3 Å². The fraction of sp³-hybridized carbons (Fsp3) is 0.727. The van der Waals surface area contributed by atoms with Crippen molar-refractivity contribution >= 4 is 0 Å². The van der Waals surface area contributed by atoms with Crippen molar-refractivity contribution in [2.24, 2.45) is 5.73 Å². The molecule has 0 radical (unpaired) electrons. The molecule has 0 saturated carbocycles. The van der Waals surface area contributed by atoms with Crippen molar-refractivity contribution in [3.8, 4) is 5.75 Å². The first kappa shape index (κ1) is 21.0. The van der Waals surface area contributed by atoms with Crippen molar-refractivity contribution < 1.29 is 4.74 Å². The van der Waals surface area contributed by atoms with Crippen molar-refractivity contribution in [2.45, 2.75) is 103 Å². The molecule has 0 aliphatic heterocycles. The Morgan fingerprint density at radius 1 is 0.833 bits per heavy atom. The number of nitrogens with two attached hydrogens (primary N) is 1. The van der Waals surface area contributed by atoms with Crippen molar-refractivity contribution in [3.05, 3.63) is 30.3 Å². The summed E-state index contributed by atoms with van der Waals surface area (Å²) >= 11 is 0. The summed E-state index contributed by atoms with van der Waals surface area (Å²) in [4.78, 5) is 0. The molecule has 0 fully saturated rings. The minimum absolute atomic E-state index is 0.0757. The van der Waals surface area contributed by atoms with Gasteiger partial charge in [0, 0.05) is 6.04 Å². The molecule has 0 spiro atoms. The second kappa shape index (κ2) is 12.4. The van der Waals surface area contributed by atoms with E-state index in [-0.39, 0.29) is 11.6 Å². The van der Waals surface area contributed by atoms with Crippen molar-refractivity contribution in [3.63, 3.8) is 0 Å². The summed E-state index contributed by atoms with van der Waals surface area (Å²) < 4.78 is 6.08. The normalized spacial score (nSPS) is 13.0. The standard InChI is InChI=1S/C22H39NO/c1-4-5-6-7-8-9-10-11-12-16-19-21(23)22(2,3)24-20-17-14-13-15-18-20/h13-15,17-18,21H,4-12,16,19,23H2,1-3H3. The third kappa shape index (κ3) is 9.32. The lowest BCUT2D eigenvalue weighted by Crippen LogP contribution is -2.47. The molecule has 0 aliphatic rings. The lowest BCUT2D eigenvalue weighted by atomic mass is 9.93. The monoisotopic (exact) mass is 333 g/mol. The Balaban J connectivity index is 2.07. The molecule has 1 aromatic rings. The fourth-order valence-corrected chi connectivity index (χ4v) is 3.07. The van der Waals surface area contributed by atoms with E-state index in [1.165, 1.54) is 64.2 Å². The minimum atomic E-state index is -0.319. The molecule has 0 bridgehead atoms. The van der Waals surface area contributed by atoms with Crippen LogP contribution in [-0.2, 0) is 0 Å². The average molecular weight is 334 g/mol. The van der Waals surface area contributed by atoms with Crippen LogP contribution in [0.25, 0.3) is 0 Å². The molecule has 2 N–H and O–H groups in total. The summed E-state index contributed by atoms with van der Waals surface area (Å²) in [6, 6.07) is 10.1. The first-order chi connectivity index (χ1) is 11.6. The molecule has 0 saturated heterocycles. The molecule has 2 nitrogen and oxygen atoms in total. The minimum Gasteiger partial charge on any atom is -0.486 e. The average Bonchev–Trinajstić information content (AvgIpc) is 2.57. The van der Waals surface area contributed by atoms with Crippen LogP contribution in [0.3, 0.4) is 0 Å². The van der Waals surface area contributed by atoms with Gasteiger partial charge in [-0.05, 0) is 32.4 Å². The Bertz CT molecular complexity index is 402. The van der Waals surface area contributed by atoms with Crippen LogP contribution in [0.2, 0.25) is 0 Å². The highest BCUT2D eigenvalue weighted by Gasteiger charge is 2.28. The molecule has 0 aliphatic carbocycles. The first-order valence-electron chi connectivity index (χ1n) is 10.1. The SMILES string of the molecule is CCCCCCCCCCCCC(N)C(C)(C)Oc1ccccc1. The summed E-state index contributed by atoms with van der Waals surface area (Å²) in [5.41, 5.74) is 6.06. The largest absolute Gasteiger partial charge is 0.486 e. The molecule has 0 aromatic heterocycles. The van der Waals surface area contributed by atoms with Gasteiger partial charge in [-0.15, -0.1) is 0 Å². The van der Waals surface area contributed by atoms with Crippen LogP contribution >= 0.6 is 0 Å². The van der Waals surface area contributed by atoms with Gasteiger partial charge in [0.05, 0.1) is 0 Å². The summed E-state index contributed by atoms with van der Waals surface area (Å²) in [7, 11) is 0. The van der Waals surface area contributed by atoms with E-state index in [9.17, 15) is 0 Å². The molecule has 0 amide bonds. The number of para-hydroxylation sites is 1. The molecule has 0 heterocycles. The van der Waals surface area contributed by atoms with Crippen LogP contribution in [-0.4, -0.2) is 11.6 Å². The molecule has 2 heteroatoms. The van der Waals surface area contributed by atoms with Gasteiger partial charge in [-0.2, -0.15) is 0 Å². The topological polar surface area (TPSA) is 35.2 Å².